The number of hydrogen-bond acceptors (Lipinski definition) is 12. The third kappa shape index (κ3) is 7.87. The van der Waals surface area contributed by atoms with Crippen LogP contribution < -0.4 is 25.2 Å². The highest BCUT2D eigenvalue weighted by Gasteiger charge is 2.48. The molecular formula is C44H48F2N10O5S. The van der Waals surface area contributed by atoms with Gasteiger partial charge < -0.3 is 19.5 Å². The van der Waals surface area contributed by atoms with Crippen LogP contribution in [-0.4, -0.2) is 91.5 Å². The highest BCUT2D eigenvalue weighted by Crippen LogP contribution is 2.55. The highest BCUT2D eigenvalue weighted by molar-refractivity contribution is 7.98. The number of amides is 3. The summed E-state index contributed by atoms with van der Waals surface area (Å²) in [7, 11) is 3.55. The number of likely N-dealkylation sites (N-methyl/N-ethyl adjacent to an activating group) is 1. The molecule has 62 heavy (non-hydrogen) atoms. The van der Waals surface area contributed by atoms with Crippen LogP contribution in [0.25, 0.3) is 21.8 Å². The van der Waals surface area contributed by atoms with E-state index in [-0.39, 0.29) is 71.3 Å². The van der Waals surface area contributed by atoms with Crippen LogP contribution in [0.2, 0.25) is 0 Å². The molecule has 15 nitrogen and oxygen atoms in total. The number of piperidine rings is 1. The Bertz CT molecular complexity index is 2660. The minimum absolute atomic E-state index is 0.0155. The van der Waals surface area contributed by atoms with Crippen molar-refractivity contribution in [1.29, 1.82) is 5.26 Å². The maximum atomic E-state index is 15.8. The highest BCUT2D eigenvalue weighted by atomic mass is 32.2. The molecule has 2 saturated carbocycles. The van der Waals surface area contributed by atoms with Gasteiger partial charge in [-0.3, -0.25) is 29.1 Å². The van der Waals surface area contributed by atoms with E-state index in [9.17, 15) is 24.8 Å². The second-order valence-corrected chi connectivity index (χ2v) is 18.1. The number of aryl methyl sites for hydroxylation is 1. The maximum Gasteiger partial charge on any atom is 0.329 e. The number of rotatable bonds is 11. The first-order chi connectivity index (χ1) is 29.9. The Morgan fingerprint density at radius 1 is 1.02 bits per heavy atom. The van der Waals surface area contributed by atoms with Crippen molar-refractivity contribution in [3.05, 3.63) is 81.9 Å². The first-order valence-corrected chi connectivity index (χ1v) is 21.9. The lowest BCUT2D eigenvalue weighted by atomic mass is 9.60. The van der Waals surface area contributed by atoms with Gasteiger partial charge in [-0.05, 0) is 131 Å². The van der Waals surface area contributed by atoms with Gasteiger partial charge in [-0.1, -0.05) is 0 Å². The van der Waals surface area contributed by atoms with E-state index in [1.807, 2.05) is 12.1 Å². The Kier molecular flexibility index (Phi) is 11.4. The molecule has 9 rings (SSSR count). The number of halogens is 2. The molecule has 5 aromatic rings. The van der Waals surface area contributed by atoms with Crippen LogP contribution in [0.1, 0.15) is 80.9 Å². The number of benzene rings is 3. The van der Waals surface area contributed by atoms with Gasteiger partial charge in [0.05, 0.1) is 35.0 Å². The molecule has 18 heteroatoms. The molecule has 3 aromatic carbocycles. The van der Waals surface area contributed by atoms with Crippen molar-refractivity contribution < 1.29 is 28.2 Å². The van der Waals surface area contributed by atoms with E-state index in [4.69, 9.17) is 4.74 Å². The number of fused-ring (bicyclic) bond motifs is 2. The zero-order valence-corrected chi connectivity index (χ0v) is 35.4. The quantitative estimate of drug-likeness (QED) is 0.120. The fraction of sp³-hybridized carbons (Fsp3) is 0.455. The number of urea groups is 1. The SMILES string of the molecule is CN(CCO)SNc1ccc(F)c(Oc2ccc3ncn(C4CC5(CCN(C6CCC(c7cc8c(cc7F)c(N7CCC(=O)NC7=O)nn8C)CC6)CC5)C4)c(=O)c3c2)c1C#N. The predicted molar refractivity (Wildman–Crippen MR) is 231 cm³/mol. The summed E-state index contributed by atoms with van der Waals surface area (Å²) in [6, 6.07) is 12.8. The molecule has 3 N–H and O–H groups in total. The van der Waals surface area contributed by atoms with Crippen molar-refractivity contribution in [3.63, 3.8) is 0 Å². The van der Waals surface area contributed by atoms with E-state index in [0.29, 0.717) is 45.9 Å². The Hall–Kier alpha value is -5.61. The number of carbonyl (C=O) groups is 2. The molecule has 2 aliphatic heterocycles. The topological polar surface area (TPSA) is 174 Å². The fourth-order valence-corrected chi connectivity index (χ4v) is 10.5. The van der Waals surface area contributed by atoms with Crippen LogP contribution in [0.5, 0.6) is 11.5 Å². The van der Waals surface area contributed by atoms with E-state index < -0.39 is 11.8 Å². The first kappa shape index (κ1) is 41.7. The molecule has 2 aromatic heterocycles. The van der Waals surface area contributed by atoms with Gasteiger partial charge in [-0.15, -0.1) is 0 Å². The lowest BCUT2D eigenvalue weighted by Gasteiger charge is -2.54. The van der Waals surface area contributed by atoms with Crippen molar-refractivity contribution in [2.45, 2.75) is 75.8 Å². The van der Waals surface area contributed by atoms with Gasteiger partial charge >= 0.3 is 6.03 Å². The Morgan fingerprint density at radius 3 is 2.52 bits per heavy atom. The van der Waals surface area contributed by atoms with Crippen LogP contribution in [0, 0.1) is 28.4 Å². The standard InChI is InChI=1S/C44H48F2N10O5S/c1-52(17-18-57)62-51-37-10-8-34(45)40(33(37)24-47)61-29-7-9-36-31(19-29)42(59)56(25-48-36)28-22-44(23-28)12-15-54(16-13-44)27-5-3-26(4-6-27)30-21-38-32(20-35(30)46)41(50-53(38)2)55-14-11-39(58)49-43(55)60/h7-10,19-21,25-28,51,57H,3-6,11-18,22-23H2,1-2H3,(H,49,58,60). The number of aliphatic hydroxyl groups is 1. The van der Waals surface area contributed by atoms with Crippen molar-refractivity contribution in [2.24, 2.45) is 12.5 Å². The lowest BCUT2D eigenvalue weighted by molar-refractivity contribution is -0.120. The summed E-state index contributed by atoms with van der Waals surface area (Å²) in [5.41, 5.74) is 2.21. The summed E-state index contributed by atoms with van der Waals surface area (Å²) in [6.07, 6.45) is 9.37. The number of aliphatic hydroxyl groups excluding tert-OH is 1. The van der Waals surface area contributed by atoms with Crippen LogP contribution >= 0.6 is 12.1 Å². The van der Waals surface area contributed by atoms with E-state index in [1.54, 1.807) is 52.2 Å². The Morgan fingerprint density at radius 2 is 1.79 bits per heavy atom. The number of likely N-dealkylation sites (tertiary alicyclic amines) is 1. The molecule has 4 heterocycles. The summed E-state index contributed by atoms with van der Waals surface area (Å²) in [5.74, 6) is -0.965. The number of imide groups is 1. The van der Waals surface area contributed by atoms with Crippen molar-refractivity contribution >= 4 is 57.4 Å². The van der Waals surface area contributed by atoms with Gasteiger partial charge in [0.1, 0.15) is 23.2 Å². The lowest BCUT2D eigenvalue weighted by Crippen LogP contribution is -2.51. The normalized spacial score (nSPS) is 20.8. The smallest absolute Gasteiger partial charge is 0.329 e. The molecule has 0 radical (unpaired) electrons. The third-order valence-electron chi connectivity index (χ3n) is 13.4. The van der Waals surface area contributed by atoms with Gasteiger partial charge in [0, 0.05) is 56.2 Å². The van der Waals surface area contributed by atoms with Crippen LogP contribution in [-0.2, 0) is 11.8 Å². The van der Waals surface area contributed by atoms with Gasteiger partial charge in [0.2, 0.25) is 5.91 Å². The second-order valence-electron chi connectivity index (χ2n) is 17.1. The zero-order valence-electron chi connectivity index (χ0n) is 34.6. The average Bonchev–Trinajstić information content (AvgIpc) is 3.57. The first-order valence-electron chi connectivity index (χ1n) is 21.1. The molecule has 4 aliphatic rings. The van der Waals surface area contributed by atoms with E-state index in [2.05, 4.69) is 25.0 Å². The second kappa shape index (κ2) is 16.9. The number of nitrogens with one attached hydrogen (secondary N) is 2. The van der Waals surface area contributed by atoms with Crippen LogP contribution in [0.15, 0.2) is 53.6 Å². The molecule has 3 amide bonds. The van der Waals surface area contributed by atoms with Gasteiger partial charge in [0.25, 0.3) is 5.56 Å². The largest absolute Gasteiger partial charge is 0.453 e. The minimum Gasteiger partial charge on any atom is -0.453 e. The van der Waals surface area contributed by atoms with Crippen molar-refractivity contribution in [2.75, 3.05) is 49.5 Å². The van der Waals surface area contributed by atoms with E-state index >= 15 is 8.78 Å². The van der Waals surface area contributed by atoms with Crippen molar-refractivity contribution in [3.8, 4) is 17.6 Å². The number of aromatic nitrogens is 4. The molecule has 2 saturated heterocycles. The van der Waals surface area contributed by atoms with Crippen LogP contribution in [0.3, 0.4) is 0 Å². The molecule has 2 aliphatic carbocycles. The Labute approximate surface area is 360 Å². The summed E-state index contributed by atoms with van der Waals surface area (Å²) in [5, 5.41) is 26.9. The summed E-state index contributed by atoms with van der Waals surface area (Å²) in [4.78, 5) is 46.7. The van der Waals surface area contributed by atoms with Gasteiger partial charge in [-0.25, -0.2) is 22.9 Å². The maximum absolute atomic E-state index is 15.8. The number of hydrogen-bond donors (Lipinski definition) is 3. The van der Waals surface area contributed by atoms with E-state index in [0.717, 1.165) is 82.1 Å². The van der Waals surface area contributed by atoms with Crippen molar-refractivity contribution in [1.82, 2.24) is 33.9 Å². The summed E-state index contributed by atoms with van der Waals surface area (Å²) >= 11 is 1.15. The number of ether oxygens (including phenoxy) is 1. The number of nitriles is 1. The monoisotopic (exact) mass is 866 g/mol. The zero-order chi connectivity index (χ0) is 43.3. The molecule has 1 spiro atoms. The number of anilines is 2. The molecule has 324 valence electrons. The predicted octanol–water partition coefficient (Wildman–Crippen LogP) is 6.71. The molecule has 0 unspecified atom stereocenters. The molecule has 0 bridgehead atoms. The summed E-state index contributed by atoms with van der Waals surface area (Å²) in [6.45, 7) is 2.50. The number of nitrogens with zero attached hydrogens (tertiary/aromatic N) is 8. The molecule has 0 atom stereocenters. The Balaban J connectivity index is 0.808. The fourth-order valence-electron chi connectivity index (χ4n) is 9.94. The minimum atomic E-state index is -0.722. The van der Waals surface area contributed by atoms with Crippen LogP contribution in [0.4, 0.5) is 25.1 Å². The van der Waals surface area contributed by atoms with E-state index in [1.165, 1.54) is 23.1 Å². The average molecular weight is 867 g/mol. The van der Waals surface area contributed by atoms with Gasteiger partial charge in [0.15, 0.2) is 17.4 Å². The molecular weight excluding hydrogens is 819 g/mol. The third-order valence-corrected chi connectivity index (χ3v) is 14.2. The molecule has 4 fully saturated rings. The van der Waals surface area contributed by atoms with Gasteiger partial charge in [-0.2, -0.15) is 10.4 Å². The summed E-state index contributed by atoms with van der Waals surface area (Å²) < 4.78 is 44.9. The number of carbonyl (C=O) groups excluding carboxylic acids is 2.